The Bertz CT molecular complexity index is 630. The summed E-state index contributed by atoms with van der Waals surface area (Å²) in [6.07, 6.45) is 7.90. The number of rotatable bonds is 7. The minimum atomic E-state index is 0.141. The smallest absolute Gasteiger partial charge is 0.161 e. The standard InChI is InChI=1S/C19H20O3/c1-21-19-15-17(11-12-18(19)20)10-6-14-22-13-5-9-16-7-3-2-4-8-16/h2-12,15,20H,13-14H2,1H3. The average Bonchev–Trinajstić information content (AvgIpc) is 2.56. The van der Waals surface area contributed by atoms with E-state index >= 15 is 0 Å². The molecule has 114 valence electrons. The van der Waals surface area contributed by atoms with Crippen molar-refractivity contribution in [3.8, 4) is 11.5 Å². The molecule has 0 spiro atoms. The van der Waals surface area contributed by atoms with Crippen molar-refractivity contribution in [3.05, 3.63) is 71.8 Å². The molecule has 3 nitrogen and oxygen atoms in total. The highest BCUT2D eigenvalue weighted by atomic mass is 16.5. The Morgan fingerprint density at radius 2 is 1.59 bits per heavy atom. The summed E-state index contributed by atoms with van der Waals surface area (Å²) in [6.45, 7) is 1.10. The van der Waals surface area contributed by atoms with E-state index in [-0.39, 0.29) is 5.75 Å². The average molecular weight is 296 g/mol. The van der Waals surface area contributed by atoms with Crippen LogP contribution in [0.15, 0.2) is 60.7 Å². The van der Waals surface area contributed by atoms with E-state index in [2.05, 4.69) is 12.1 Å². The SMILES string of the molecule is COc1cc(C=CCOCC=Cc2ccccc2)ccc1O. The summed E-state index contributed by atoms with van der Waals surface area (Å²) >= 11 is 0. The van der Waals surface area contributed by atoms with Gasteiger partial charge in [-0.25, -0.2) is 0 Å². The van der Waals surface area contributed by atoms with Crippen molar-refractivity contribution in [1.82, 2.24) is 0 Å². The van der Waals surface area contributed by atoms with Crippen LogP contribution in [0.2, 0.25) is 0 Å². The molecule has 3 heteroatoms. The predicted molar refractivity (Wildman–Crippen MR) is 90.0 cm³/mol. The van der Waals surface area contributed by atoms with Crippen LogP contribution in [0.25, 0.3) is 12.2 Å². The van der Waals surface area contributed by atoms with E-state index in [1.165, 1.54) is 7.11 Å². The Morgan fingerprint density at radius 3 is 2.27 bits per heavy atom. The lowest BCUT2D eigenvalue weighted by molar-refractivity contribution is 0.195. The van der Waals surface area contributed by atoms with Crippen molar-refractivity contribution in [2.75, 3.05) is 20.3 Å². The maximum absolute atomic E-state index is 9.52. The molecule has 0 aliphatic heterocycles. The van der Waals surface area contributed by atoms with Crippen LogP contribution in [0.3, 0.4) is 0 Å². The Morgan fingerprint density at radius 1 is 0.909 bits per heavy atom. The van der Waals surface area contributed by atoms with E-state index in [1.54, 1.807) is 12.1 Å². The van der Waals surface area contributed by atoms with Gasteiger partial charge in [0.25, 0.3) is 0 Å². The first-order valence-corrected chi connectivity index (χ1v) is 7.12. The van der Waals surface area contributed by atoms with E-state index < -0.39 is 0 Å². The van der Waals surface area contributed by atoms with Gasteiger partial charge in [0.2, 0.25) is 0 Å². The second-order valence-electron chi connectivity index (χ2n) is 4.68. The number of hydrogen-bond donors (Lipinski definition) is 1. The third kappa shape index (κ3) is 5.11. The van der Waals surface area contributed by atoms with E-state index in [0.717, 1.165) is 11.1 Å². The van der Waals surface area contributed by atoms with Gasteiger partial charge in [0.05, 0.1) is 20.3 Å². The summed E-state index contributed by atoms with van der Waals surface area (Å²) in [5, 5.41) is 9.52. The van der Waals surface area contributed by atoms with Gasteiger partial charge >= 0.3 is 0 Å². The molecule has 22 heavy (non-hydrogen) atoms. The first-order chi connectivity index (χ1) is 10.8. The normalized spacial score (nSPS) is 11.3. The van der Waals surface area contributed by atoms with Crippen LogP contribution in [-0.4, -0.2) is 25.4 Å². The highest BCUT2D eigenvalue weighted by Crippen LogP contribution is 2.26. The maximum Gasteiger partial charge on any atom is 0.161 e. The fourth-order valence-electron chi connectivity index (χ4n) is 1.93. The number of ether oxygens (including phenoxy) is 2. The zero-order chi connectivity index (χ0) is 15.6. The highest BCUT2D eigenvalue weighted by Gasteiger charge is 1.99. The van der Waals surface area contributed by atoms with Gasteiger partial charge in [-0.15, -0.1) is 0 Å². The molecule has 0 amide bonds. The molecule has 0 fully saturated rings. The quantitative estimate of drug-likeness (QED) is 0.780. The van der Waals surface area contributed by atoms with Crippen LogP contribution in [0.5, 0.6) is 11.5 Å². The van der Waals surface area contributed by atoms with Gasteiger partial charge in [-0.3, -0.25) is 0 Å². The first-order valence-electron chi connectivity index (χ1n) is 7.12. The summed E-state index contributed by atoms with van der Waals surface area (Å²) in [7, 11) is 1.53. The maximum atomic E-state index is 9.52. The number of hydrogen-bond acceptors (Lipinski definition) is 3. The monoisotopic (exact) mass is 296 g/mol. The first kappa shape index (κ1) is 15.9. The summed E-state index contributed by atoms with van der Waals surface area (Å²) in [5.74, 6) is 0.607. The van der Waals surface area contributed by atoms with Gasteiger partial charge in [0.15, 0.2) is 11.5 Å². The Kier molecular flexibility index (Phi) is 6.27. The van der Waals surface area contributed by atoms with E-state index in [4.69, 9.17) is 9.47 Å². The lowest BCUT2D eigenvalue weighted by Gasteiger charge is -2.03. The lowest BCUT2D eigenvalue weighted by atomic mass is 10.2. The van der Waals surface area contributed by atoms with Gasteiger partial charge in [0, 0.05) is 0 Å². The zero-order valence-corrected chi connectivity index (χ0v) is 12.6. The van der Waals surface area contributed by atoms with Crippen molar-refractivity contribution in [3.63, 3.8) is 0 Å². The molecule has 0 aliphatic carbocycles. The Hall–Kier alpha value is -2.52. The minimum absolute atomic E-state index is 0.141. The summed E-state index contributed by atoms with van der Waals surface area (Å²) in [4.78, 5) is 0. The zero-order valence-electron chi connectivity index (χ0n) is 12.6. The summed E-state index contributed by atoms with van der Waals surface area (Å²) < 4.78 is 10.6. The fraction of sp³-hybridized carbons (Fsp3) is 0.158. The van der Waals surface area contributed by atoms with Crippen molar-refractivity contribution in [2.45, 2.75) is 0 Å². The van der Waals surface area contributed by atoms with Crippen LogP contribution < -0.4 is 4.74 Å². The van der Waals surface area contributed by atoms with Crippen molar-refractivity contribution < 1.29 is 14.6 Å². The largest absolute Gasteiger partial charge is 0.504 e. The van der Waals surface area contributed by atoms with Gasteiger partial charge in [-0.1, -0.05) is 60.7 Å². The molecular weight excluding hydrogens is 276 g/mol. The van der Waals surface area contributed by atoms with Crippen molar-refractivity contribution in [2.24, 2.45) is 0 Å². The van der Waals surface area contributed by atoms with E-state index in [9.17, 15) is 5.11 Å². The van der Waals surface area contributed by atoms with Crippen LogP contribution in [-0.2, 0) is 4.74 Å². The number of methoxy groups -OCH3 is 1. The van der Waals surface area contributed by atoms with Crippen molar-refractivity contribution >= 4 is 12.2 Å². The van der Waals surface area contributed by atoms with E-state index in [0.29, 0.717) is 19.0 Å². The third-order valence-electron chi connectivity index (χ3n) is 3.05. The third-order valence-corrected chi connectivity index (χ3v) is 3.05. The Labute approximate surface area is 131 Å². The summed E-state index contributed by atoms with van der Waals surface area (Å²) in [6, 6.07) is 15.3. The topological polar surface area (TPSA) is 38.7 Å². The molecule has 0 heterocycles. The molecule has 2 rings (SSSR count). The second kappa shape index (κ2) is 8.70. The van der Waals surface area contributed by atoms with Crippen molar-refractivity contribution in [1.29, 1.82) is 0 Å². The van der Waals surface area contributed by atoms with Gasteiger partial charge < -0.3 is 14.6 Å². The van der Waals surface area contributed by atoms with Crippen LogP contribution in [0.4, 0.5) is 0 Å². The van der Waals surface area contributed by atoms with Crippen LogP contribution in [0.1, 0.15) is 11.1 Å². The molecule has 0 saturated heterocycles. The molecule has 0 radical (unpaired) electrons. The molecule has 2 aromatic carbocycles. The van der Waals surface area contributed by atoms with Crippen LogP contribution >= 0.6 is 0 Å². The number of aromatic hydroxyl groups is 1. The Balaban J connectivity index is 1.73. The van der Waals surface area contributed by atoms with Gasteiger partial charge in [0.1, 0.15) is 0 Å². The number of benzene rings is 2. The molecule has 0 saturated carbocycles. The van der Waals surface area contributed by atoms with Gasteiger partial charge in [-0.2, -0.15) is 0 Å². The predicted octanol–water partition coefficient (Wildman–Crippen LogP) is 4.14. The number of phenolic OH excluding ortho intramolecular Hbond substituents is 1. The molecule has 0 bridgehead atoms. The molecule has 0 atom stereocenters. The highest BCUT2D eigenvalue weighted by molar-refractivity contribution is 5.55. The van der Waals surface area contributed by atoms with E-state index in [1.807, 2.05) is 48.6 Å². The molecule has 0 unspecified atom stereocenters. The second-order valence-corrected chi connectivity index (χ2v) is 4.68. The minimum Gasteiger partial charge on any atom is -0.504 e. The lowest BCUT2D eigenvalue weighted by Crippen LogP contribution is -1.90. The van der Waals surface area contributed by atoms with Crippen LogP contribution in [0, 0.1) is 0 Å². The molecule has 0 aliphatic rings. The molecular formula is C19H20O3. The summed E-state index contributed by atoms with van der Waals surface area (Å²) in [5.41, 5.74) is 2.12. The molecule has 0 aromatic heterocycles. The molecule has 2 aromatic rings. The molecule has 1 N–H and O–H groups in total. The fourth-order valence-corrected chi connectivity index (χ4v) is 1.93. The van der Waals surface area contributed by atoms with Gasteiger partial charge in [-0.05, 0) is 23.3 Å². The number of phenols is 1.